The van der Waals surface area contributed by atoms with E-state index in [1.165, 1.54) is 12.0 Å². The summed E-state index contributed by atoms with van der Waals surface area (Å²) < 4.78 is 11.1. The Morgan fingerprint density at radius 1 is 1.53 bits per heavy atom. The van der Waals surface area contributed by atoms with Gasteiger partial charge in [-0.05, 0) is 39.0 Å². The van der Waals surface area contributed by atoms with Gasteiger partial charge in [0.2, 0.25) is 0 Å². The van der Waals surface area contributed by atoms with Gasteiger partial charge in [0.1, 0.15) is 0 Å². The van der Waals surface area contributed by atoms with E-state index >= 15 is 0 Å². The van der Waals surface area contributed by atoms with Crippen molar-refractivity contribution in [3.63, 3.8) is 0 Å². The second-order valence-electron chi connectivity index (χ2n) is 4.02. The van der Waals surface area contributed by atoms with Crippen LogP contribution in [0.25, 0.3) is 0 Å². The minimum atomic E-state index is -0.0000539. The molecule has 0 aromatic heterocycles. The normalized spacial score (nSPS) is 23.1. The first-order chi connectivity index (χ1) is 7.33. The van der Waals surface area contributed by atoms with Gasteiger partial charge in [-0.2, -0.15) is 0 Å². The lowest BCUT2D eigenvalue weighted by molar-refractivity contribution is -0.156. The Bertz CT molecular complexity index is 183. The highest BCUT2D eigenvalue weighted by Crippen LogP contribution is 2.14. The lowest BCUT2D eigenvalue weighted by Crippen LogP contribution is -2.22. The summed E-state index contributed by atoms with van der Waals surface area (Å²) in [6.07, 6.45) is 7.26. The predicted octanol–water partition coefficient (Wildman–Crippen LogP) is 2.25. The third kappa shape index (κ3) is 5.92. The average Bonchev–Trinajstić information content (AvgIpc) is 2.28. The molecule has 0 aromatic carbocycles. The molecule has 1 heterocycles. The van der Waals surface area contributed by atoms with E-state index in [-0.39, 0.29) is 12.9 Å². The zero-order chi connectivity index (χ0) is 10.9. The number of rotatable bonds is 6. The number of ether oxygens (including phenoxy) is 2. The van der Waals surface area contributed by atoms with Crippen LogP contribution in [0.4, 0.5) is 0 Å². The molecule has 1 saturated heterocycles. The number of aliphatic hydroxyl groups is 1. The second-order valence-corrected chi connectivity index (χ2v) is 4.02. The molecule has 0 saturated carbocycles. The second kappa shape index (κ2) is 7.85. The van der Waals surface area contributed by atoms with Crippen molar-refractivity contribution in [2.45, 2.75) is 45.3 Å². The van der Waals surface area contributed by atoms with E-state index in [9.17, 15) is 0 Å². The van der Waals surface area contributed by atoms with Gasteiger partial charge in [0.05, 0.1) is 6.61 Å². The summed E-state index contributed by atoms with van der Waals surface area (Å²) in [7, 11) is 0. The van der Waals surface area contributed by atoms with E-state index in [0.717, 1.165) is 32.3 Å². The topological polar surface area (TPSA) is 38.7 Å². The number of allylic oxidation sites excluding steroid dienone is 1. The van der Waals surface area contributed by atoms with Gasteiger partial charge in [-0.15, -0.1) is 0 Å². The van der Waals surface area contributed by atoms with E-state index in [2.05, 4.69) is 13.0 Å². The maximum absolute atomic E-state index is 8.63. The van der Waals surface area contributed by atoms with Gasteiger partial charge in [0.25, 0.3) is 0 Å². The molecule has 3 heteroatoms. The van der Waals surface area contributed by atoms with Gasteiger partial charge >= 0.3 is 0 Å². The number of hydrogen-bond acceptors (Lipinski definition) is 3. The van der Waals surface area contributed by atoms with Crippen molar-refractivity contribution in [3.8, 4) is 0 Å². The van der Waals surface area contributed by atoms with Crippen LogP contribution in [0.3, 0.4) is 0 Å². The minimum absolute atomic E-state index is 0.0000539. The smallest absolute Gasteiger partial charge is 0.158 e. The summed E-state index contributed by atoms with van der Waals surface area (Å²) in [5.74, 6) is 0. The van der Waals surface area contributed by atoms with Gasteiger partial charge in [-0.3, -0.25) is 0 Å². The van der Waals surface area contributed by atoms with Crippen LogP contribution < -0.4 is 0 Å². The first-order valence-corrected chi connectivity index (χ1v) is 5.82. The van der Waals surface area contributed by atoms with Gasteiger partial charge in [-0.1, -0.05) is 11.6 Å². The molecule has 0 bridgehead atoms. The van der Waals surface area contributed by atoms with E-state index in [1.807, 2.05) is 0 Å². The molecular formula is C12H22O3. The van der Waals surface area contributed by atoms with E-state index in [4.69, 9.17) is 14.6 Å². The van der Waals surface area contributed by atoms with E-state index in [1.54, 1.807) is 0 Å². The third-order valence-electron chi connectivity index (χ3n) is 2.49. The summed E-state index contributed by atoms with van der Waals surface area (Å²) in [5, 5.41) is 8.63. The zero-order valence-corrected chi connectivity index (χ0v) is 9.58. The van der Waals surface area contributed by atoms with Crippen molar-refractivity contribution in [1.29, 1.82) is 0 Å². The first-order valence-electron chi connectivity index (χ1n) is 5.82. The monoisotopic (exact) mass is 214 g/mol. The van der Waals surface area contributed by atoms with Crippen molar-refractivity contribution >= 4 is 0 Å². The molecular weight excluding hydrogens is 192 g/mol. The number of unbranched alkanes of at least 4 members (excludes halogenated alkanes) is 1. The highest BCUT2D eigenvalue weighted by atomic mass is 16.7. The Hall–Kier alpha value is -0.380. The van der Waals surface area contributed by atoms with Crippen LogP contribution >= 0.6 is 0 Å². The fourth-order valence-corrected chi connectivity index (χ4v) is 1.57. The maximum atomic E-state index is 8.63. The molecule has 1 rings (SSSR count). The van der Waals surface area contributed by atoms with E-state index < -0.39 is 0 Å². The van der Waals surface area contributed by atoms with Crippen molar-refractivity contribution < 1.29 is 14.6 Å². The Morgan fingerprint density at radius 3 is 3.07 bits per heavy atom. The van der Waals surface area contributed by atoms with Gasteiger partial charge in [0.15, 0.2) is 6.29 Å². The highest BCUT2D eigenvalue weighted by Gasteiger charge is 2.13. The van der Waals surface area contributed by atoms with Crippen LogP contribution in [0.5, 0.6) is 0 Å². The Morgan fingerprint density at radius 2 is 2.40 bits per heavy atom. The molecule has 3 nitrogen and oxygen atoms in total. The van der Waals surface area contributed by atoms with Crippen LogP contribution in [0, 0.1) is 0 Å². The zero-order valence-electron chi connectivity index (χ0n) is 9.58. The lowest BCUT2D eigenvalue weighted by atomic mass is 10.2. The Kier molecular flexibility index (Phi) is 6.64. The van der Waals surface area contributed by atoms with Crippen LogP contribution in [-0.2, 0) is 9.47 Å². The molecule has 0 aromatic rings. The molecule has 1 atom stereocenters. The SMILES string of the molecule is C/C(=C\CCCO)COC1CCCCO1. The van der Waals surface area contributed by atoms with Crippen molar-refractivity contribution in [2.75, 3.05) is 19.8 Å². The molecule has 1 fully saturated rings. The number of hydrogen-bond donors (Lipinski definition) is 1. The van der Waals surface area contributed by atoms with Crippen LogP contribution in [0.1, 0.15) is 39.0 Å². The Balaban J connectivity index is 2.09. The summed E-state index contributed by atoms with van der Waals surface area (Å²) >= 11 is 0. The fourth-order valence-electron chi connectivity index (χ4n) is 1.57. The molecule has 1 aliphatic rings. The molecule has 1 unspecified atom stereocenters. The average molecular weight is 214 g/mol. The maximum Gasteiger partial charge on any atom is 0.158 e. The molecule has 0 spiro atoms. The third-order valence-corrected chi connectivity index (χ3v) is 2.49. The summed E-state index contributed by atoms with van der Waals surface area (Å²) in [4.78, 5) is 0. The summed E-state index contributed by atoms with van der Waals surface area (Å²) in [5.41, 5.74) is 1.22. The quantitative estimate of drug-likeness (QED) is 0.544. The van der Waals surface area contributed by atoms with Gasteiger partial charge in [0, 0.05) is 13.2 Å². The van der Waals surface area contributed by atoms with Crippen molar-refractivity contribution in [2.24, 2.45) is 0 Å². The minimum Gasteiger partial charge on any atom is -0.396 e. The molecule has 0 aliphatic carbocycles. The van der Waals surface area contributed by atoms with Crippen LogP contribution in [0.2, 0.25) is 0 Å². The van der Waals surface area contributed by atoms with E-state index in [0.29, 0.717) is 6.61 Å². The predicted molar refractivity (Wildman–Crippen MR) is 59.6 cm³/mol. The van der Waals surface area contributed by atoms with Crippen LogP contribution in [0.15, 0.2) is 11.6 Å². The molecule has 1 aliphatic heterocycles. The molecule has 1 N–H and O–H groups in total. The summed E-state index contributed by atoms with van der Waals surface area (Å²) in [6, 6.07) is 0. The fraction of sp³-hybridized carbons (Fsp3) is 0.833. The summed E-state index contributed by atoms with van der Waals surface area (Å²) in [6.45, 7) is 3.80. The van der Waals surface area contributed by atoms with Crippen molar-refractivity contribution in [3.05, 3.63) is 11.6 Å². The van der Waals surface area contributed by atoms with Crippen molar-refractivity contribution in [1.82, 2.24) is 0 Å². The van der Waals surface area contributed by atoms with Crippen LogP contribution in [-0.4, -0.2) is 31.2 Å². The molecule has 0 radical (unpaired) electrons. The highest BCUT2D eigenvalue weighted by molar-refractivity contribution is 4.98. The first kappa shape index (κ1) is 12.7. The molecule has 0 amide bonds. The molecule has 88 valence electrons. The standard InChI is InChI=1S/C12H22O3/c1-11(6-2-4-8-13)10-15-12-7-3-5-9-14-12/h6,12-13H,2-5,7-10H2,1H3/b11-6+. The lowest BCUT2D eigenvalue weighted by Gasteiger charge is -2.22. The number of aliphatic hydroxyl groups excluding tert-OH is 1. The van der Waals surface area contributed by atoms with Gasteiger partial charge < -0.3 is 14.6 Å². The van der Waals surface area contributed by atoms with Gasteiger partial charge in [-0.25, -0.2) is 0 Å². The Labute approximate surface area is 92.1 Å². The largest absolute Gasteiger partial charge is 0.396 e. The molecule has 15 heavy (non-hydrogen) atoms.